The lowest BCUT2D eigenvalue weighted by Gasteiger charge is -2.09. The first-order chi connectivity index (χ1) is 11.1. The van der Waals surface area contributed by atoms with Crippen molar-refractivity contribution < 1.29 is 9.84 Å². The fraction of sp³-hybridized carbons (Fsp3) is 0.111. The number of methoxy groups -OCH3 is 1. The van der Waals surface area contributed by atoms with E-state index < -0.39 is 0 Å². The van der Waals surface area contributed by atoms with Gasteiger partial charge in [0.15, 0.2) is 0 Å². The molecule has 0 saturated carbocycles. The molecule has 0 bridgehead atoms. The Kier molecular flexibility index (Phi) is 3.85. The van der Waals surface area contributed by atoms with E-state index in [1.165, 1.54) is 11.6 Å². The molecule has 0 aliphatic carbocycles. The minimum absolute atomic E-state index is 0.118. The van der Waals surface area contributed by atoms with Crippen LogP contribution in [0.4, 0.5) is 5.69 Å². The van der Waals surface area contributed by atoms with Crippen molar-refractivity contribution in [1.82, 2.24) is 4.57 Å². The average molecular weight is 308 g/mol. The summed E-state index contributed by atoms with van der Waals surface area (Å²) in [5, 5.41) is 11.5. The maximum absolute atomic E-state index is 12.2. The third-order valence-corrected chi connectivity index (χ3v) is 3.73. The number of para-hydroxylation sites is 2. The van der Waals surface area contributed by atoms with Gasteiger partial charge >= 0.3 is 0 Å². The second kappa shape index (κ2) is 5.96. The van der Waals surface area contributed by atoms with E-state index in [1.807, 2.05) is 30.3 Å². The molecular formula is C18H16N2O3. The molecule has 0 spiro atoms. The number of hydrogen-bond acceptors (Lipinski definition) is 4. The summed E-state index contributed by atoms with van der Waals surface area (Å²) in [7, 11) is 3.11. The minimum Gasteiger partial charge on any atom is -0.494 e. The Morgan fingerprint density at radius 2 is 1.74 bits per heavy atom. The molecular weight excluding hydrogens is 292 g/mol. The Labute approximate surface area is 133 Å². The normalized spacial score (nSPS) is 11.2. The minimum atomic E-state index is -0.243. The van der Waals surface area contributed by atoms with Crippen LogP contribution in [0.25, 0.3) is 10.8 Å². The SMILES string of the molecule is COc1ccccc1N=Cc1c(O)n(C)c(=O)c2ccccc12. The quantitative estimate of drug-likeness (QED) is 0.757. The third-order valence-electron chi connectivity index (χ3n) is 3.73. The van der Waals surface area contributed by atoms with Crippen LogP contribution in [0.1, 0.15) is 5.56 Å². The lowest BCUT2D eigenvalue weighted by atomic mass is 10.1. The van der Waals surface area contributed by atoms with Crippen LogP contribution in [0, 0.1) is 0 Å². The molecule has 0 fully saturated rings. The molecule has 1 N–H and O–H groups in total. The van der Waals surface area contributed by atoms with Gasteiger partial charge in [0.2, 0.25) is 5.88 Å². The van der Waals surface area contributed by atoms with Crippen molar-refractivity contribution in [2.75, 3.05) is 7.11 Å². The molecule has 0 aliphatic rings. The number of hydrogen-bond donors (Lipinski definition) is 1. The van der Waals surface area contributed by atoms with E-state index in [2.05, 4.69) is 4.99 Å². The molecule has 116 valence electrons. The van der Waals surface area contributed by atoms with Crippen molar-refractivity contribution in [2.24, 2.45) is 12.0 Å². The zero-order valence-electron chi connectivity index (χ0n) is 12.9. The maximum Gasteiger partial charge on any atom is 0.260 e. The standard InChI is InChI=1S/C18H16N2O3/c1-20-17(21)13-8-4-3-7-12(13)14(18(20)22)11-19-15-9-5-6-10-16(15)23-2/h3-11,22H,1-2H3. The van der Waals surface area contributed by atoms with Crippen LogP contribution in [0.2, 0.25) is 0 Å². The fourth-order valence-corrected chi connectivity index (χ4v) is 2.48. The van der Waals surface area contributed by atoms with Crippen molar-refractivity contribution in [3.8, 4) is 11.6 Å². The number of fused-ring (bicyclic) bond motifs is 1. The molecule has 0 saturated heterocycles. The highest BCUT2D eigenvalue weighted by atomic mass is 16.5. The number of aromatic nitrogens is 1. The molecule has 3 rings (SSSR count). The van der Waals surface area contributed by atoms with Crippen molar-refractivity contribution >= 4 is 22.7 Å². The summed E-state index contributed by atoms with van der Waals surface area (Å²) < 4.78 is 6.48. The number of aliphatic imine (C=N–C) groups is 1. The molecule has 0 unspecified atom stereocenters. The first-order valence-electron chi connectivity index (χ1n) is 7.11. The second-order valence-electron chi connectivity index (χ2n) is 5.08. The van der Waals surface area contributed by atoms with E-state index in [9.17, 15) is 9.90 Å². The summed E-state index contributed by atoms with van der Waals surface area (Å²) in [6.45, 7) is 0. The number of benzene rings is 2. The van der Waals surface area contributed by atoms with E-state index >= 15 is 0 Å². The third kappa shape index (κ3) is 2.57. The summed E-state index contributed by atoms with van der Waals surface area (Å²) in [5.41, 5.74) is 0.897. The number of nitrogens with zero attached hydrogens (tertiary/aromatic N) is 2. The van der Waals surface area contributed by atoms with Crippen LogP contribution in [0.5, 0.6) is 11.6 Å². The molecule has 23 heavy (non-hydrogen) atoms. The summed E-state index contributed by atoms with van der Waals surface area (Å²) >= 11 is 0. The molecule has 5 heteroatoms. The Bertz CT molecular complexity index is 958. The molecule has 5 nitrogen and oxygen atoms in total. The Balaban J connectivity index is 2.21. The highest BCUT2D eigenvalue weighted by Gasteiger charge is 2.12. The van der Waals surface area contributed by atoms with Gasteiger partial charge in [0, 0.05) is 24.0 Å². The summed E-state index contributed by atoms with van der Waals surface area (Å²) in [6, 6.07) is 14.5. The first kappa shape index (κ1) is 14.8. The second-order valence-corrected chi connectivity index (χ2v) is 5.08. The van der Waals surface area contributed by atoms with Crippen molar-refractivity contribution in [3.05, 3.63) is 64.4 Å². The van der Waals surface area contributed by atoms with Gasteiger partial charge in [0.1, 0.15) is 11.4 Å². The van der Waals surface area contributed by atoms with E-state index in [4.69, 9.17) is 4.74 Å². The van der Waals surface area contributed by atoms with Gasteiger partial charge in [-0.2, -0.15) is 0 Å². The van der Waals surface area contributed by atoms with E-state index in [0.717, 1.165) is 0 Å². The predicted octanol–water partition coefficient (Wildman–Crippen LogP) is 3.00. The van der Waals surface area contributed by atoms with Gasteiger partial charge in [-0.25, -0.2) is 0 Å². The molecule has 0 amide bonds. The van der Waals surface area contributed by atoms with E-state index in [-0.39, 0.29) is 11.4 Å². The number of pyridine rings is 1. The van der Waals surface area contributed by atoms with Crippen LogP contribution in [-0.2, 0) is 7.05 Å². The van der Waals surface area contributed by atoms with Crippen LogP contribution in [-0.4, -0.2) is 23.0 Å². The Hall–Kier alpha value is -3.08. The highest BCUT2D eigenvalue weighted by molar-refractivity contribution is 6.02. The maximum atomic E-state index is 12.2. The molecule has 3 aromatic rings. The van der Waals surface area contributed by atoms with Crippen LogP contribution >= 0.6 is 0 Å². The van der Waals surface area contributed by atoms with Gasteiger partial charge in [0.25, 0.3) is 5.56 Å². The number of rotatable bonds is 3. The summed E-state index contributed by atoms with van der Waals surface area (Å²) in [6.07, 6.45) is 1.55. The van der Waals surface area contributed by atoms with Crippen LogP contribution in [0.3, 0.4) is 0 Å². The van der Waals surface area contributed by atoms with Gasteiger partial charge in [-0.3, -0.25) is 14.4 Å². The van der Waals surface area contributed by atoms with Gasteiger partial charge in [-0.05, 0) is 18.2 Å². The van der Waals surface area contributed by atoms with Gasteiger partial charge in [0.05, 0.1) is 12.7 Å². The van der Waals surface area contributed by atoms with Crippen LogP contribution < -0.4 is 10.3 Å². The largest absolute Gasteiger partial charge is 0.494 e. The number of ether oxygens (including phenoxy) is 1. The van der Waals surface area contributed by atoms with Crippen molar-refractivity contribution in [3.63, 3.8) is 0 Å². The zero-order valence-corrected chi connectivity index (χ0v) is 12.9. The molecule has 0 radical (unpaired) electrons. The molecule has 0 atom stereocenters. The Morgan fingerprint density at radius 3 is 2.48 bits per heavy atom. The molecule has 0 aliphatic heterocycles. The van der Waals surface area contributed by atoms with Crippen molar-refractivity contribution in [2.45, 2.75) is 0 Å². The van der Waals surface area contributed by atoms with Gasteiger partial charge in [-0.15, -0.1) is 0 Å². The highest BCUT2D eigenvalue weighted by Crippen LogP contribution is 2.28. The zero-order chi connectivity index (χ0) is 16.4. The fourth-order valence-electron chi connectivity index (χ4n) is 2.48. The molecule has 1 aromatic heterocycles. The summed E-state index contributed by atoms with van der Waals surface area (Å²) in [4.78, 5) is 16.6. The lowest BCUT2D eigenvalue weighted by molar-refractivity contribution is 0.416. The lowest BCUT2D eigenvalue weighted by Crippen LogP contribution is -2.18. The van der Waals surface area contributed by atoms with E-state index in [1.54, 1.807) is 31.5 Å². The van der Waals surface area contributed by atoms with Gasteiger partial charge < -0.3 is 9.84 Å². The Morgan fingerprint density at radius 1 is 1.09 bits per heavy atom. The van der Waals surface area contributed by atoms with Crippen LogP contribution in [0.15, 0.2) is 58.3 Å². The van der Waals surface area contributed by atoms with Crippen molar-refractivity contribution in [1.29, 1.82) is 0 Å². The van der Waals surface area contributed by atoms with Gasteiger partial charge in [-0.1, -0.05) is 30.3 Å². The molecule has 1 heterocycles. The first-order valence-corrected chi connectivity index (χ1v) is 7.11. The predicted molar refractivity (Wildman–Crippen MR) is 91.1 cm³/mol. The average Bonchev–Trinajstić information content (AvgIpc) is 2.60. The van der Waals surface area contributed by atoms with E-state index in [0.29, 0.717) is 27.8 Å². The summed E-state index contributed by atoms with van der Waals surface area (Å²) in [5.74, 6) is 0.518. The topological polar surface area (TPSA) is 63.8 Å². The smallest absolute Gasteiger partial charge is 0.260 e. The molecule has 2 aromatic carbocycles. The monoisotopic (exact) mass is 308 g/mol. The number of aromatic hydroxyl groups is 1.